The summed E-state index contributed by atoms with van der Waals surface area (Å²) in [4.78, 5) is 25.0. The predicted octanol–water partition coefficient (Wildman–Crippen LogP) is 3.40. The van der Waals surface area contributed by atoms with E-state index in [2.05, 4.69) is 16.0 Å². The number of nitrogens with one attached hydrogen (secondary N) is 3. The molecular formula is C22H26FN3O4. The van der Waals surface area contributed by atoms with E-state index in [4.69, 9.17) is 9.47 Å². The molecule has 3 amide bonds. The molecule has 0 aromatic heterocycles. The van der Waals surface area contributed by atoms with E-state index in [0.29, 0.717) is 17.9 Å². The van der Waals surface area contributed by atoms with Crippen LogP contribution < -0.4 is 25.4 Å². The van der Waals surface area contributed by atoms with Crippen molar-refractivity contribution in [2.75, 3.05) is 6.79 Å². The van der Waals surface area contributed by atoms with Gasteiger partial charge >= 0.3 is 6.03 Å². The SMILES string of the molecule is CCCC(NC(=O)NCc1ccc(F)cc1)C(=O)NC(C)c1ccc2c(c1)OCO2. The van der Waals surface area contributed by atoms with Crippen molar-refractivity contribution >= 4 is 11.9 Å². The molecule has 7 nitrogen and oxygen atoms in total. The van der Waals surface area contributed by atoms with Crippen LogP contribution in [0.3, 0.4) is 0 Å². The molecule has 0 bridgehead atoms. The van der Waals surface area contributed by atoms with E-state index in [1.165, 1.54) is 12.1 Å². The van der Waals surface area contributed by atoms with Crippen molar-refractivity contribution in [1.29, 1.82) is 0 Å². The highest BCUT2D eigenvalue weighted by atomic mass is 19.1. The van der Waals surface area contributed by atoms with Crippen LogP contribution >= 0.6 is 0 Å². The third-order valence-corrected chi connectivity index (χ3v) is 4.82. The van der Waals surface area contributed by atoms with Crippen LogP contribution in [0.25, 0.3) is 0 Å². The van der Waals surface area contributed by atoms with Gasteiger partial charge in [0.05, 0.1) is 6.04 Å². The van der Waals surface area contributed by atoms with Crippen molar-refractivity contribution in [3.63, 3.8) is 0 Å². The quantitative estimate of drug-likeness (QED) is 0.617. The molecule has 2 aromatic carbocycles. The highest BCUT2D eigenvalue weighted by molar-refractivity contribution is 5.87. The Kier molecular flexibility index (Phi) is 7.11. The Morgan fingerprint density at radius 2 is 1.80 bits per heavy atom. The smallest absolute Gasteiger partial charge is 0.315 e. The average molecular weight is 415 g/mol. The summed E-state index contributed by atoms with van der Waals surface area (Å²) in [6, 6.07) is 9.99. The second kappa shape index (κ2) is 9.96. The zero-order valence-corrected chi connectivity index (χ0v) is 17.0. The number of rotatable bonds is 8. The summed E-state index contributed by atoms with van der Waals surface area (Å²) in [5, 5.41) is 8.35. The summed E-state index contributed by atoms with van der Waals surface area (Å²) in [6.45, 7) is 4.24. The first-order valence-corrected chi connectivity index (χ1v) is 9.95. The molecule has 3 rings (SSSR count). The van der Waals surface area contributed by atoms with Crippen molar-refractivity contribution in [3.05, 3.63) is 59.4 Å². The minimum absolute atomic E-state index is 0.190. The first kappa shape index (κ1) is 21.4. The molecule has 8 heteroatoms. The number of hydrogen-bond donors (Lipinski definition) is 3. The molecule has 3 N–H and O–H groups in total. The molecule has 0 spiro atoms. The van der Waals surface area contributed by atoms with Gasteiger partial charge in [0.15, 0.2) is 11.5 Å². The second-order valence-electron chi connectivity index (χ2n) is 7.14. The lowest BCUT2D eigenvalue weighted by molar-refractivity contribution is -0.123. The van der Waals surface area contributed by atoms with Crippen LogP contribution in [0.5, 0.6) is 11.5 Å². The molecule has 30 heavy (non-hydrogen) atoms. The number of fused-ring (bicyclic) bond motifs is 1. The summed E-state index contributed by atoms with van der Waals surface area (Å²) in [6.07, 6.45) is 1.23. The van der Waals surface area contributed by atoms with Gasteiger partial charge in [0.1, 0.15) is 11.9 Å². The molecule has 2 aromatic rings. The number of urea groups is 1. The fourth-order valence-corrected chi connectivity index (χ4v) is 3.13. The lowest BCUT2D eigenvalue weighted by atomic mass is 10.1. The van der Waals surface area contributed by atoms with Crippen molar-refractivity contribution < 1.29 is 23.5 Å². The molecule has 1 aliphatic heterocycles. The number of benzene rings is 2. The fourth-order valence-electron chi connectivity index (χ4n) is 3.13. The number of carbonyl (C=O) groups is 2. The molecule has 2 atom stereocenters. The maximum atomic E-state index is 13.0. The minimum atomic E-state index is -0.667. The highest BCUT2D eigenvalue weighted by Gasteiger charge is 2.23. The highest BCUT2D eigenvalue weighted by Crippen LogP contribution is 2.34. The van der Waals surface area contributed by atoms with Gasteiger partial charge in [-0.1, -0.05) is 31.5 Å². The fraction of sp³-hybridized carbons (Fsp3) is 0.364. The largest absolute Gasteiger partial charge is 0.454 e. The van der Waals surface area contributed by atoms with E-state index < -0.39 is 12.1 Å². The lowest BCUT2D eigenvalue weighted by Gasteiger charge is -2.21. The molecule has 0 saturated heterocycles. The zero-order valence-electron chi connectivity index (χ0n) is 17.0. The van der Waals surface area contributed by atoms with Crippen LogP contribution in [0, 0.1) is 5.82 Å². The van der Waals surface area contributed by atoms with Crippen molar-refractivity contribution in [2.45, 2.75) is 45.3 Å². The van der Waals surface area contributed by atoms with Gasteiger partial charge in [-0.25, -0.2) is 9.18 Å². The van der Waals surface area contributed by atoms with E-state index >= 15 is 0 Å². The third kappa shape index (κ3) is 5.62. The monoisotopic (exact) mass is 415 g/mol. The standard InChI is InChI=1S/C22H26FN3O4/c1-3-4-18(26-22(28)24-12-15-5-8-17(23)9-6-15)21(27)25-14(2)16-7-10-19-20(11-16)30-13-29-19/h5-11,14,18H,3-4,12-13H2,1-2H3,(H,25,27)(H2,24,26,28). The van der Waals surface area contributed by atoms with Crippen LogP contribution in [-0.4, -0.2) is 24.8 Å². The summed E-state index contributed by atoms with van der Waals surface area (Å²) in [5.41, 5.74) is 1.64. The van der Waals surface area contributed by atoms with Gasteiger partial charge in [0, 0.05) is 6.54 Å². The normalized spacial score (nSPS) is 14.0. The first-order valence-electron chi connectivity index (χ1n) is 9.95. The predicted molar refractivity (Wildman–Crippen MR) is 110 cm³/mol. The molecular weight excluding hydrogens is 389 g/mol. The Labute approximate surface area is 174 Å². The van der Waals surface area contributed by atoms with Crippen LogP contribution in [-0.2, 0) is 11.3 Å². The lowest BCUT2D eigenvalue weighted by Crippen LogP contribution is -2.50. The van der Waals surface area contributed by atoms with Gasteiger partial charge in [-0.3, -0.25) is 4.79 Å². The number of amides is 3. The molecule has 0 radical (unpaired) electrons. The third-order valence-electron chi connectivity index (χ3n) is 4.82. The van der Waals surface area contributed by atoms with E-state index in [1.54, 1.807) is 12.1 Å². The Balaban J connectivity index is 1.54. The summed E-state index contributed by atoms with van der Waals surface area (Å²) >= 11 is 0. The summed E-state index contributed by atoms with van der Waals surface area (Å²) in [5.74, 6) is 0.732. The number of ether oxygens (including phenoxy) is 2. The molecule has 1 aliphatic rings. The molecule has 0 fully saturated rings. The topological polar surface area (TPSA) is 88.7 Å². The minimum Gasteiger partial charge on any atom is -0.454 e. The zero-order chi connectivity index (χ0) is 21.5. The maximum absolute atomic E-state index is 13.0. The first-order chi connectivity index (χ1) is 14.5. The van der Waals surface area contributed by atoms with Crippen molar-refractivity contribution in [3.8, 4) is 11.5 Å². The molecule has 0 aliphatic carbocycles. The molecule has 0 saturated carbocycles. The van der Waals surface area contributed by atoms with Crippen molar-refractivity contribution in [2.24, 2.45) is 0 Å². The van der Waals surface area contributed by atoms with Gasteiger partial charge in [0.2, 0.25) is 12.7 Å². The Morgan fingerprint density at radius 1 is 1.07 bits per heavy atom. The van der Waals surface area contributed by atoms with E-state index in [9.17, 15) is 14.0 Å². The van der Waals surface area contributed by atoms with E-state index in [0.717, 1.165) is 17.5 Å². The van der Waals surface area contributed by atoms with Crippen LogP contribution in [0.4, 0.5) is 9.18 Å². The van der Waals surface area contributed by atoms with Crippen LogP contribution in [0.2, 0.25) is 0 Å². The Morgan fingerprint density at radius 3 is 2.53 bits per heavy atom. The molecule has 160 valence electrons. The maximum Gasteiger partial charge on any atom is 0.315 e. The van der Waals surface area contributed by atoms with Gasteiger partial charge in [0.25, 0.3) is 0 Å². The van der Waals surface area contributed by atoms with Crippen LogP contribution in [0.15, 0.2) is 42.5 Å². The number of hydrogen-bond acceptors (Lipinski definition) is 4. The summed E-state index contributed by atoms with van der Waals surface area (Å²) < 4.78 is 23.7. The van der Waals surface area contributed by atoms with Crippen molar-refractivity contribution in [1.82, 2.24) is 16.0 Å². The second-order valence-corrected chi connectivity index (χ2v) is 7.14. The Bertz CT molecular complexity index is 888. The van der Waals surface area contributed by atoms with Gasteiger partial charge in [-0.15, -0.1) is 0 Å². The van der Waals surface area contributed by atoms with E-state index in [1.807, 2.05) is 32.0 Å². The average Bonchev–Trinajstić information content (AvgIpc) is 3.21. The van der Waals surface area contributed by atoms with E-state index in [-0.39, 0.29) is 31.1 Å². The summed E-state index contributed by atoms with van der Waals surface area (Å²) in [7, 11) is 0. The molecule has 1 heterocycles. The molecule has 2 unspecified atom stereocenters. The number of halogens is 1. The van der Waals surface area contributed by atoms with Gasteiger partial charge in [-0.2, -0.15) is 0 Å². The van der Waals surface area contributed by atoms with Crippen LogP contribution in [0.1, 0.15) is 43.9 Å². The van der Waals surface area contributed by atoms with Gasteiger partial charge in [-0.05, 0) is 48.7 Å². The Hall–Kier alpha value is -3.29. The number of carbonyl (C=O) groups excluding carboxylic acids is 2. The van der Waals surface area contributed by atoms with Gasteiger partial charge < -0.3 is 25.4 Å².